The van der Waals surface area contributed by atoms with Crippen LogP contribution in [0.25, 0.3) is 0 Å². The molecule has 3 atom stereocenters. The second-order valence-electron chi connectivity index (χ2n) is 14.6. The highest BCUT2D eigenvalue weighted by Gasteiger charge is 2.23. The Kier molecular flexibility index (Phi) is 31.8. The molecule has 0 rings (SSSR count). The number of quaternary nitrogens is 1. The Morgan fingerprint density at radius 1 is 0.694 bits per heavy atom. The summed E-state index contributed by atoms with van der Waals surface area (Å²) in [6, 6.07) is -0.903. The van der Waals surface area contributed by atoms with E-state index in [1.807, 2.05) is 27.2 Å². The van der Waals surface area contributed by atoms with Gasteiger partial charge in [0.25, 0.3) is 7.82 Å². The molecule has 3 unspecified atom stereocenters. The summed E-state index contributed by atoms with van der Waals surface area (Å²) < 4.78 is 23.1. The smallest absolute Gasteiger partial charge is 0.268 e. The van der Waals surface area contributed by atoms with Gasteiger partial charge in [-0.15, -0.1) is 0 Å². The van der Waals surface area contributed by atoms with Crippen molar-refractivity contribution >= 4 is 13.7 Å². The predicted molar refractivity (Wildman–Crippen MR) is 205 cm³/mol. The third-order valence-corrected chi connectivity index (χ3v) is 9.54. The first kappa shape index (κ1) is 47.7. The number of aliphatic hydroxyl groups is 1. The van der Waals surface area contributed by atoms with Gasteiger partial charge in [0, 0.05) is 6.42 Å². The van der Waals surface area contributed by atoms with Crippen molar-refractivity contribution in [3.8, 4) is 0 Å². The van der Waals surface area contributed by atoms with Crippen molar-refractivity contribution in [3.05, 3.63) is 36.5 Å². The third-order valence-electron chi connectivity index (χ3n) is 8.57. The summed E-state index contributed by atoms with van der Waals surface area (Å²) in [6.07, 6.45) is 37.6. The van der Waals surface area contributed by atoms with E-state index in [0.717, 1.165) is 51.4 Å². The molecule has 0 aromatic carbocycles. The minimum absolute atomic E-state index is 0.00837. The predicted octanol–water partition coefficient (Wildman–Crippen LogP) is 9.72. The standard InChI is InChI=1S/C40H77N2O6P/c1-6-8-10-12-14-16-18-19-20-21-22-24-26-28-30-32-34-40(44)41-38(37-48-49(45,46)47-36-35-42(3,4)5)39(43)33-31-29-27-25-23-17-15-13-11-9-7-2/h20-21,23,25,31,33,38-39,43H,6-19,22,24,26-30,32,34-37H2,1-5H3,(H-,41,44,45,46)/b21-20-,25-23+,33-31+. The van der Waals surface area contributed by atoms with Gasteiger partial charge in [-0.25, -0.2) is 0 Å². The Hall–Kier alpha value is -1.28. The number of likely N-dealkylation sites (N-methyl/N-ethyl adjacent to an activating group) is 1. The number of hydrogen-bond donors (Lipinski definition) is 2. The van der Waals surface area contributed by atoms with E-state index < -0.39 is 26.6 Å². The van der Waals surface area contributed by atoms with Crippen LogP contribution in [-0.2, 0) is 18.4 Å². The molecule has 8 nitrogen and oxygen atoms in total. The molecule has 0 aliphatic carbocycles. The minimum atomic E-state index is -4.59. The molecule has 0 aromatic heterocycles. The number of carbonyl (C=O) groups excluding carboxylic acids is 1. The first-order valence-corrected chi connectivity index (χ1v) is 21.3. The quantitative estimate of drug-likeness (QED) is 0.0293. The molecule has 0 bridgehead atoms. The van der Waals surface area contributed by atoms with E-state index >= 15 is 0 Å². The SMILES string of the molecule is CCCCCCC/C=C/CC/C=C/C(O)C(COP(=O)([O-])OCC[N+](C)(C)C)NC(=O)CCCCCCC/C=C\CCCCCCCCC. The van der Waals surface area contributed by atoms with Crippen molar-refractivity contribution in [1.29, 1.82) is 0 Å². The molecule has 2 N–H and O–H groups in total. The van der Waals surface area contributed by atoms with Crippen molar-refractivity contribution in [2.24, 2.45) is 0 Å². The van der Waals surface area contributed by atoms with Gasteiger partial charge in [-0.2, -0.15) is 0 Å². The molecule has 0 saturated carbocycles. The maximum absolute atomic E-state index is 12.8. The zero-order chi connectivity index (χ0) is 36.5. The molecule has 0 aliphatic rings. The molecule has 0 aliphatic heterocycles. The van der Waals surface area contributed by atoms with Crippen LogP contribution < -0.4 is 10.2 Å². The molecule has 0 fully saturated rings. The van der Waals surface area contributed by atoms with Gasteiger partial charge in [-0.05, 0) is 57.8 Å². The van der Waals surface area contributed by atoms with E-state index in [0.29, 0.717) is 17.4 Å². The van der Waals surface area contributed by atoms with Gasteiger partial charge in [0.15, 0.2) is 0 Å². The van der Waals surface area contributed by atoms with Crippen LogP contribution >= 0.6 is 7.82 Å². The van der Waals surface area contributed by atoms with E-state index in [4.69, 9.17) is 9.05 Å². The summed E-state index contributed by atoms with van der Waals surface area (Å²) in [4.78, 5) is 25.1. The highest BCUT2D eigenvalue weighted by atomic mass is 31.2. The zero-order valence-corrected chi connectivity index (χ0v) is 33.3. The molecule has 49 heavy (non-hydrogen) atoms. The van der Waals surface area contributed by atoms with E-state index in [1.54, 1.807) is 6.08 Å². The molecular formula is C40H77N2O6P. The van der Waals surface area contributed by atoms with E-state index in [1.165, 1.54) is 89.9 Å². The van der Waals surface area contributed by atoms with Crippen LogP contribution in [0.1, 0.15) is 162 Å². The second kappa shape index (κ2) is 32.6. The maximum Gasteiger partial charge on any atom is 0.268 e. The van der Waals surface area contributed by atoms with Crippen molar-refractivity contribution < 1.29 is 32.9 Å². The summed E-state index contributed by atoms with van der Waals surface area (Å²) >= 11 is 0. The second-order valence-corrected chi connectivity index (χ2v) is 16.0. The van der Waals surface area contributed by atoms with Crippen LogP contribution in [0.2, 0.25) is 0 Å². The summed E-state index contributed by atoms with van der Waals surface area (Å²) in [5.74, 6) is -0.220. The van der Waals surface area contributed by atoms with Crippen LogP contribution in [0.3, 0.4) is 0 Å². The van der Waals surface area contributed by atoms with Gasteiger partial charge in [0.05, 0.1) is 39.9 Å². The van der Waals surface area contributed by atoms with Crippen molar-refractivity contribution in [2.45, 2.75) is 174 Å². The maximum atomic E-state index is 12.8. The zero-order valence-electron chi connectivity index (χ0n) is 32.4. The van der Waals surface area contributed by atoms with Gasteiger partial charge in [-0.1, -0.05) is 134 Å². The van der Waals surface area contributed by atoms with Gasteiger partial charge >= 0.3 is 0 Å². The lowest BCUT2D eigenvalue weighted by molar-refractivity contribution is -0.870. The lowest BCUT2D eigenvalue weighted by Gasteiger charge is -2.29. The average molecular weight is 713 g/mol. The van der Waals surface area contributed by atoms with Crippen LogP contribution in [-0.4, -0.2) is 68.5 Å². The Bertz CT molecular complexity index is 902. The topological polar surface area (TPSA) is 108 Å². The van der Waals surface area contributed by atoms with E-state index in [-0.39, 0.29) is 12.5 Å². The first-order valence-electron chi connectivity index (χ1n) is 19.9. The molecule has 0 heterocycles. The van der Waals surface area contributed by atoms with E-state index in [2.05, 4.69) is 43.5 Å². The van der Waals surface area contributed by atoms with Crippen molar-refractivity contribution in [3.63, 3.8) is 0 Å². The first-order chi connectivity index (χ1) is 23.5. The molecule has 288 valence electrons. The Balaban J connectivity index is 4.53. The number of rotatable bonds is 35. The van der Waals surface area contributed by atoms with Gasteiger partial charge in [0.1, 0.15) is 13.2 Å². The summed E-state index contributed by atoms with van der Waals surface area (Å²) in [6.45, 7) is 4.57. The molecule has 0 saturated heterocycles. The molecule has 9 heteroatoms. The fourth-order valence-corrected chi connectivity index (χ4v) is 6.06. The number of aliphatic hydroxyl groups excluding tert-OH is 1. The van der Waals surface area contributed by atoms with Crippen molar-refractivity contribution in [2.75, 3.05) is 40.9 Å². The Labute approximate surface area is 302 Å². The number of phosphoric acid groups is 1. The minimum Gasteiger partial charge on any atom is -0.756 e. The fraction of sp³-hybridized carbons (Fsp3) is 0.825. The molecule has 0 spiro atoms. The normalized spacial score (nSPS) is 15.0. The molecular weight excluding hydrogens is 635 g/mol. The molecule has 0 aromatic rings. The number of carbonyl (C=O) groups is 1. The number of hydrogen-bond acceptors (Lipinski definition) is 6. The largest absolute Gasteiger partial charge is 0.756 e. The molecule has 1 amide bonds. The number of unbranched alkanes of at least 4 members (excludes halogenated alkanes) is 18. The Morgan fingerprint density at radius 2 is 1.14 bits per heavy atom. The number of nitrogens with one attached hydrogen (secondary N) is 1. The number of allylic oxidation sites excluding steroid dienone is 5. The highest BCUT2D eigenvalue weighted by Crippen LogP contribution is 2.38. The lowest BCUT2D eigenvalue weighted by atomic mass is 10.1. The number of phosphoric ester groups is 1. The van der Waals surface area contributed by atoms with Gasteiger partial charge in [-0.3, -0.25) is 9.36 Å². The van der Waals surface area contributed by atoms with Crippen molar-refractivity contribution in [1.82, 2.24) is 5.32 Å². The van der Waals surface area contributed by atoms with Crippen LogP contribution in [0, 0.1) is 0 Å². The number of nitrogens with zero attached hydrogens (tertiary/aromatic N) is 1. The summed E-state index contributed by atoms with van der Waals surface area (Å²) in [7, 11) is 1.23. The highest BCUT2D eigenvalue weighted by molar-refractivity contribution is 7.45. The van der Waals surface area contributed by atoms with Gasteiger partial charge < -0.3 is 28.8 Å². The third kappa shape index (κ3) is 34.9. The van der Waals surface area contributed by atoms with Crippen LogP contribution in [0.5, 0.6) is 0 Å². The lowest BCUT2D eigenvalue weighted by Crippen LogP contribution is -2.45. The summed E-state index contributed by atoms with van der Waals surface area (Å²) in [5, 5.41) is 13.7. The molecule has 0 radical (unpaired) electrons. The fourth-order valence-electron chi connectivity index (χ4n) is 5.34. The average Bonchev–Trinajstić information content (AvgIpc) is 3.04. The van der Waals surface area contributed by atoms with Crippen LogP contribution in [0.4, 0.5) is 0 Å². The number of amides is 1. The summed E-state index contributed by atoms with van der Waals surface area (Å²) in [5.41, 5.74) is 0. The van der Waals surface area contributed by atoms with Gasteiger partial charge in [0.2, 0.25) is 5.91 Å². The van der Waals surface area contributed by atoms with Crippen LogP contribution in [0.15, 0.2) is 36.5 Å². The monoisotopic (exact) mass is 713 g/mol. The van der Waals surface area contributed by atoms with E-state index in [9.17, 15) is 19.4 Å². The Morgan fingerprint density at radius 3 is 1.65 bits per heavy atom.